The fourth-order valence-electron chi connectivity index (χ4n) is 2.78. The van der Waals surface area contributed by atoms with Crippen LogP contribution in [0.25, 0.3) is 22.7 Å². The third kappa shape index (κ3) is 4.70. The van der Waals surface area contributed by atoms with Gasteiger partial charge in [-0.05, 0) is 0 Å². The average Bonchev–Trinajstić information content (AvgIpc) is 3.17. The molecule has 3 rings (SSSR count). The maximum atomic E-state index is 13.6. The van der Waals surface area contributed by atoms with Crippen LogP contribution in [0.4, 0.5) is 22.0 Å². The molecule has 18 heteroatoms. The number of nitrogens with zero attached hydrogens (tertiary/aromatic N) is 6. The predicted molar refractivity (Wildman–Crippen MR) is 91.7 cm³/mol. The van der Waals surface area contributed by atoms with Crippen molar-refractivity contribution in [2.45, 2.75) is 24.0 Å². The van der Waals surface area contributed by atoms with Crippen molar-refractivity contribution in [3.8, 4) is 11.5 Å². The van der Waals surface area contributed by atoms with Crippen LogP contribution in [-0.2, 0) is 46.0 Å². The van der Waals surface area contributed by atoms with Crippen molar-refractivity contribution in [2.75, 3.05) is 5.75 Å². The number of imidazole rings is 2. The van der Waals surface area contributed by atoms with Gasteiger partial charge in [-0.25, -0.2) is 0 Å². The Morgan fingerprint density at radius 3 is 2.19 bits per heavy atom. The van der Waals surface area contributed by atoms with Gasteiger partial charge in [0.05, 0.1) is 0 Å². The molecule has 0 bridgehead atoms. The van der Waals surface area contributed by atoms with Crippen LogP contribution >= 0.6 is 9.69 Å². The summed E-state index contributed by atoms with van der Waals surface area (Å²) >= 11 is -1.87. The number of hydrogen-bond acceptors (Lipinski definition) is 6. The minimum atomic E-state index is -5.86. The molecule has 3 aromatic rings. The van der Waals surface area contributed by atoms with Crippen molar-refractivity contribution in [3.63, 3.8) is 0 Å². The number of halogens is 7. The van der Waals surface area contributed by atoms with Crippen molar-refractivity contribution in [2.24, 2.45) is 14.1 Å². The van der Waals surface area contributed by atoms with E-state index in [4.69, 9.17) is 9.69 Å². The Morgan fingerprint density at radius 2 is 1.69 bits per heavy atom. The van der Waals surface area contributed by atoms with E-state index in [0.717, 1.165) is 0 Å². The molecule has 0 fully saturated rings. The van der Waals surface area contributed by atoms with Crippen LogP contribution in [0.5, 0.6) is 0 Å². The summed E-state index contributed by atoms with van der Waals surface area (Å²) in [4.78, 5) is 8.29. The molecule has 3 aromatic heterocycles. The van der Waals surface area contributed by atoms with Crippen LogP contribution in [0, 0.1) is 0 Å². The van der Waals surface area contributed by atoms with E-state index in [1.54, 1.807) is 0 Å². The van der Waals surface area contributed by atoms with Gasteiger partial charge in [-0.1, -0.05) is 0 Å². The average molecular weight is 567 g/mol. The SMILES string of the molecule is CCS(=O)(=O)c1c(-c2nc3cc(C(F)(F)C(F)(F)F)nnc3n2C)n[c]([Zn][Cl])n1C.[Cl-].[Li+]. The Labute approximate surface area is 208 Å². The third-order valence-corrected chi connectivity index (χ3v) is 9.32. The molecule has 0 spiro atoms. The van der Waals surface area contributed by atoms with Crippen LogP contribution in [-0.4, -0.2) is 49.6 Å². The van der Waals surface area contributed by atoms with Gasteiger partial charge in [-0.15, -0.1) is 0 Å². The largest absolute Gasteiger partial charge is 1.00 e. The van der Waals surface area contributed by atoms with Crippen molar-refractivity contribution in [1.82, 2.24) is 29.3 Å². The molecular weight excluding hydrogens is 554 g/mol. The number of aryl methyl sites for hydroxylation is 1. The van der Waals surface area contributed by atoms with Gasteiger partial charge in [0.1, 0.15) is 0 Å². The van der Waals surface area contributed by atoms with Gasteiger partial charge in [0.2, 0.25) is 0 Å². The van der Waals surface area contributed by atoms with Gasteiger partial charge in [0.25, 0.3) is 0 Å². The minimum Gasteiger partial charge on any atom is -1.00 e. The first kappa shape index (κ1) is 29.2. The summed E-state index contributed by atoms with van der Waals surface area (Å²) in [7, 11) is 5.08. The molecule has 8 nitrogen and oxygen atoms in total. The molecule has 32 heavy (non-hydrogen) atoms. The van der Waals surface area contributed by atoms with Gasteiger partial charge in [-0.3, -0.25) is 0 Å². The summed E-state index contributed by atoms with van der Waals surface area (Å²) in [5.41, 5.74) is -2.14. The normalized spacial score (nSPS) is 12.3. The molecule has 0 unspecified atom stereocenters. The Balaban J connectivity index is 0.00000256. The van der Waals surface area contributed by atoms with Crippen LogP contribution in [0.2, 0.25) is 0 Å². The first-order valence-electron chi connectivity index (χ1n) is 8.26. The smallest absolute Gasteiger partial charge is 1.00 e. The molecule has 168 valence electrons. The molecule has 3 heterocycles. The number of fused-ring (bicyclic) bond motifs is 1. The van der Waals surface area contributed by atoms with E-state index in [2.05, 4.69) is 20.2 Å². The molecule has 0 aliphatic carbocycles. The zero-order valence-electron chi connectivity index (χ0n) is 17.0. The van der Waals surface area contributed by atoms with Gasteiger partial charge < -0.3 is 12.4 Å². The maximum Gasteiger partial charge on any atom is 1.00 e. The fourth-order valence-corrected chi connectivity index (χ4v) is 6.66. The van der Waals surface area contributed by atoms with E-state index in [0.29, 0.717) is 10.5 Å². The van der Waals surface area contributed by atoms with E-state index in [9.17, 15) is 30.4 Å². The van der Waals surface area contributed by atoms with E-state index < -0.39 is 43.8 Å². The fraction of sp³-hybridized carbons (Fsp3) is 0.429. The Kier molecular flexibility index (Phi) is 8.94. The first-order chi connectivity index (χ1) is 13.8. The number of alkyl halides is 5. The Morgan fingerprint density at radius 1 is 1.09 bits per heavy atom. The summed E-state index contributed by atoms with van der Waals surface area (Å²) in [6, 6.07) is 0.469. The molecule has 0 saturated heterocycles. The molecule has 0 N–H and O–H groups in total. The predicted octanol–water partition coefficient (Wildman–Crippen LogP) is -3.92. The number of hydrogen-bond donors (Lipinski definition) is 0. The molecule has 0 saturated carbocycles. The molecule has 0 aromatic carbocycles. The van der Waals surface area contributed by atoms with E-state index >= 15 is 0 Å². The molecule has 0 atom stereocenters. The number of sulfone groups is 1. The Bertz CT molecular complexity index is 1250. The summed E-state index contributed by atoms with van der Waals surface area (Å²) in [5, 5.41) is 6.27. The second-order valence-electron chi connectivity index (χ2n) is 6.28. The molecule has 0 aliphatic heterocycles. The first-order valence-corrected chi connectivity index (χ1v) is 15.3. The second-order valence-corrected chi connectivity index (χ2v) is 11.8. The topological polar surface area (TPSA) is 95.6 Å². The monoisotopic (exact) mass is 564 g/mol. The quantitative estimate of drug-likeness (QED) is 0.232. The van der Waals surface area contributed by atoms with Crippen LogP contribution in [0.15, 0.2) is 11.1 Å². The molecule has 0 amide bonds. The van der Waals surface area contributed by atoms with E-state index in [-0.39, 0.29) is 64.7 Å². The zero-order chi connectivity index (χ0) is 22.6. The minimum absolute atomic E-state index is 0. The van der Waals surface area contributed by atoms with Gasteiger partial charge in [0, 0.05) is 0 Å². The van der Waals surface area contributed by atoms with Crippen molar-refractivity contribution < 1.29 is 77.8 Å². The summed E-state index contributed by atoms with van der Waals surface area (Å²) in [6.07, 6.45) is -5.86. The van der Waals surface area contributed by atoms with Gasteiger partial charge in [-0.2, -0.15) is 0 Å². The molecule has 0 radical (unpaired) electrons. The number of aromatic nitrogens is 6. The van der Waals surface area contributed by atoms with Crippen molar-refractivity contribution >= 4 is 35.1 Å². The van der Waals surface area contributed by atoms with Gasteiger partial charge >= 0.3 is 197 Å². The molecular formula is C14H12Cl2F5LiN6O2SZn. The second kappa shape index (κ2) is 9.80. The van der Waals surface area contributed by atoms with E-state index in [1.165, 1.54) is 30.2 Å². The van der Waals surface area contributed by atoms with E-state index in [1.807, 2.05) is 0 Å². The maximum absolute atomic E-state index is 13.6. The zero-order valence-corrected chi connectivity index (χ0v) is 22.3. The Hall–Kier alpha value is -0.839. The summed E-state index contributed by atoms with van der Waals surface area (Å²) in [5.74, 6) is -5.56. The standard InChI is InChI=1S/C14H12F5N6O2S.2ClH.Li.Zn/c1-4-28(26,27)12-9(20-6-24(12)2)11-21-7-5-8(13(15,16)14(17,18)19)22-23-10(7)25(11)3;;;;/h5H,4H2,1-3H3;2*1H;;/q;;;2*+1/p-2. The van der Waals surface area contributed by atoms with Crippen LogP contribution in [0.1, 0.15) is 12.6 Å². The van der Waals surface area contributed by atoms with Crippen LogP contribution < -0.4 is 35.7 Å². The van der Waals surface area contributed by atoms with Crippen LogP contribution in [0.3, 0.4) is 0 Å². The summed E-state index contributed by atoms with van der Waals surface area (Å²) < 4.78 is 93.3. The molecule has 0 aliphatic rings. The third-order valence-electron chi connectivity index (χ3n) is 4.44. The van der Waals surface area contributed by atoms with Crippen molar-refractivity contribution in [3.05, 3.63) is 11.8 Å². The van der Waals surface area contributed by atoms with Crippen molar-refractivity contribution in [1.29, 1.82) is 0 Å². The number of rotatable bonds is 5. The summed E-state index contributed by atoms with van der Waals surface area (Å²) in [6.45, 7) is 1.43. The van der Waals surface area contributed by atoms with Gasteiger partial charge in [0.15, 0.2) is 0 Å².